The second kappa shape index (κ2) is 8.06. The molecule has 0 saturated carbocycles. The van der Waals surface area contributed by atoms with Crippen LogP contribution in [0.1, 0.15) is 15.9 Å². The Bertz CT molecular complexity index is 826. The summed E-state index contributed by atoms with van der Waals surface area (Å²) in [6.07, 6.45) is 1.30. The highest BCUT2D eigenvalue weighted by Crippen LogP contribution is 2.24. The maximum absolute atomic E-state index is 12.0. The van der Waals surface area contributed by atoms with Crippen LogP contribution in [-0.4, -0.2) is 24.2 Å². The van der Waals surface area contributed by atoms with Crippen molar-refractivity contribution < 1.29 is 14.5 Å². The molecule has 7 nitrogen and oxygen atoms in total. The summed E-state index contributed by atoms with van der Waals surface area (Å²) in [4.78, 5) is 22.3. The first-order valence-electron chi connectivity index (χ1n) is 6.53. The van der Waals surface area contributed by atoms with Crippen molar-refractivity contribution >= 4 is 52.0 Å². The van der Waals surface area contributed by atoms with Crippen molar-refractivity contribution in [3.63, 3.8) is 0 Å². The van der Waals surface area contributed by atoms with Gasteiger partial charge in [0.05, 0.1) is 21.8 Å². The lowest BCUT2D eigenvalue weighted by molar-refractivity contribution is -0.384. The lowest BCUT2D eigenvalue weighted by Crippen LogP contribution is -2.17. The second-order valence-electron chi connectivity index (χ2n) is 4.52. The Labute approximate surface area is 155 Å². The fourth-order valence-corrected chi connectivity index (χ4v) is 2.52. The monoisotopic (exact) mass is 459 g/mol. The number of rotatable bonds is 5. The molecule has 0 unspecified atom stereocenters. The smallest absolute Gasteiger partial charge is 0.288 e. The molecule has 2 aromatic carbocycles. The SMILES string of the molecule is COc1cc(C(=O)N/N=C\c2ccc(Cl)c([N+](=O)[O-])c2)ccc1I. The van der Waals surface area contributed by atoms with E-state index in [0.717, 1.165) is 3.57 Å². The highest BCUT2D eigenvalue weighted by Gasteiger charge is 2.12. The molecule has 1 amide bonds. The first-order chi connectivity index (χ1) is 11.4. The highest BCUT2D eigenvalue weighted by atomic mass is 127. The minimum atomic E-state index is -0.587. The molecule has 0 heterocycles. The Morgan fingerprint density at radius 3 is 2.79 bits per heavy atom. The van der Waals surface area contributed by atoms with Gasteiger partial charge >= 0.3 is 0 Å². The van der Waals surface area contributed by atoms with E-state index in [-0.39, 0.29) is 10.7 Å². The van der Waals surface area contributed by atoms with Crippen molar-refractivity contribution in [3.8, 4) is 5.75 Å². The van der Waals surface area contributed by atoms with Crippen LogP contribution in [-0.2, 0) is 0 Å². The molecule has 2 rings (SSSR count). The van der Waals surface area contributed by atoms with Gasteiger partial charge in [-0.1, -0.05) is 17.7 Å². The molecule has 24 heavy (non-hydrogen) atoms. The average Bonchev–Trinajstić information content (AvgIpc) is 2.56. The molecular weight excluding hydrogens is 449 g/mol. The van der Waals surface area contributed by atoms with Crippen LogP contribution >= 0.6 is 34.2 Å². The number of ether oxygens (including phenoxy) is 1. The van der Waals surface area contributed by atoms with E-state index in [1.165, 1.54) is 25.5 Å². The number of carbonyl (C=O) groups excluding carboxylic acids is 1. The van der Waals surface area contributed by atoms with Gasteiger partial charge < -0.3 is 4.74 Å². The average molecular weight is 460 g/mol. The summed E-state index contributed by atoms with van der Waals surface area (Å²) in [5, 5.41) is 14.7. The third kappa shape index (κ3) is 4.42. The number of nitrogens with one attached hydrogen (secondary N) is 1. The van der Waals surface area contributed by atoms with Crippen LogP contribution in [0.2, 0.25) is 5.02 Å². The maximum Gasteiger partial charge on any atom is 0.288 e. The normalized spacial score (nSPS) is 10.6. The number of nitro benzene ring substituents is 1. The van der Waals surface area contributed by atoms with Crippen molar-refractivity contribution in [3.05, 3.63) is 66.2 Å². The predicted octanol–water partition coefficient (Wildman–Crippen LogP) is 3.63. The van der Waals surface area contributed by atoms with Crippen LogP contribution in [0.4, 0.5) is 5.69 Å². The molecule has 0 aromatic heterocycles. The Hall–Kier alpha value is -2.20. The molecule has 0 atom stereocenters. The van der Waals surface area contributed by atoms with Crippen LogP contribution in [0.5, 0.6) is 5.75 Å². The topological polar surface area (TPSA) is 93.8 Å². The maximum atomic E-state index is 12.0. The van der Waals surface area contributed by atoms with E-state index in [4.69, 9.17) is 16.3 Å². The van der Waals surface area contributed by atoms with Crippen molar-refractivity contribution in [1.29, 1.82) is 0 Å². The summed E-state index contributed by atoms with van der Waals surface area (Å²) in [7, 11) is 1.52. The van der Waals surface area contributed by atoms with E-state index in [1.54, 1.807) is 24.3 Å². The molecular formula is C15H11ClIN3O4. The van der Waals surface area contributed by atoms with Crippen molar-refractivity contribution in [2.45, 2.75) is 0 Å². The predicted molar refractivity (Wildman–Crippen MR) is 98.9 cm³/mol. The molecule has 2 aromatic rings. The van der Waals surface area contributed by atoms with E-state index in [1.807, 2.05) is 0 Å². The number of nitrogens with zero attached hydrogens (tertiary/aromatic N) is 2. The third-order valence-electron chi connectivity index (χ3n) is 2.96. The number of carbonyl (C=O) groups is 1. The Kier molecular flexibility index (Phi) is 6.10. The van der Waals surface area contributed by atoms with Crippen LogP contribution in [0.15, 0.2) is 41.5 Å². The fourth-order valence-electron chi connectivity index (χ4n) is 1.78. The van der Waals surface area contributed by atoms with Crippen LogP contribution in [0.3, 0.4) is 0 Å². The minimum Gasteiger partial charge on any atom is -0.496 e. The van der Waals surface area contributed by atoms with E-state index < -0.39 is 10.8 Å². The zero-order valence-corrected chi connectivity index (χ0v) is 15.2. The molecule has 0 aliphatic rings. The molecule has 0 spiro atoms. The van der Waals surface area contributed by atoms with E-state index in [2.05, 4.69) is 33.1 Å². The van der Waals surface area contributed by atoms with Gasteiger partial charge in [0, 0.05) is 17.2 Å². The summed E-state index contributed by atoms with van der Waals surface area (Å²) < 4.78 is 6.03. The van der Waals surface area contributed by atoms with Gasteiger partial charge in [-0.3, -0.25) is 14.9 Å². The van der Waals surface area contributed by atoms with Gasteiger partial charge in [0.25, 0.3) is 11.6 Å². The number of hydrazone groups is 1. The second-order valence-corrected chi connectivity index (χ2v) is 6.09. The number of halogens is 2. The number of hydrogen-bond donors (Lipinski definition) is 1. The first-order valence-corrected chi connectivity index (χ1v) is 7.99. The van der Waals surface area contributed by atoms with E-state index in [9.17, 15) is 14.9 Å². The van der Waals surface area contributed by atoms with E-state index >= 15 is 0 Å². The highest BCUT2D eigenvalue weighted by molar-refractivity contribution is 14.1. The first kappa shape index (κ1) is 18.1. The van der Waals surface area contributed by atoms with Crippen molar-refractivity contribution in [2.75, 3.05) is 7.11 Å². The largest absolute Gasteiger partial charge is 0.496 e. The Balaban J connectivity index is 2.10. The third-order valence-corrected chi connectivity index (χ3v) is 4.17. The number of nitro groups is 1. The molecule has 0 saturated heterocycles. The fraction of sp³-hybridized carbons (Fsp3) is 0.0667. The number of amides is 1. The van der Waals surface area contributed by atoms with Crippen LogP contribution < -0.4 is 10.2 Å². The molecule has 0 radical (unpaired) electrons. The summed E-state index contributed by atoms with van der Waals surface area (Å²) >= 11 is 7.82. The van der Waals surface area contributed by atoms with Gasteiger partial charge in [-0.05, 0) is 46.9 Å². The van der Waals surface area contributed by atoms with Gasteiger partial charge in [0.2, 0.25) is 0 Å². The standard InChI is InChI=1S/C15H11ClIN3O4/c1-24-14-7-10(3-5-12(14)17)15(21)19-18-8-9-2-4-11(16)13(6-9)20(22)23/h2-8H,1H3,(H,19,21)/b18-8-. The molecule has 0 aliphatic heterocycles. The summed E-state index contributed by atoms with van der Waals surface area (Å²) in [6.45, 7) is 0. The number of benzene rings is 2. The Morgan fingerprint density at radius 2 is 2.12 bits per heavy atom. The lowest BCUT2D eigenvalue weighted by atomic mass is 10.2. The number of hydrogen-bond acceptors (Lipinski definition) is 5. The minimum absolute atomic E-state index is 0.0344. The molecule has 124 valence electrons. The zero-order chi connectivity index (χ0) is 17.7. The molecule has 0 fully saturated rings. The van der Waals surface area contributed by atoms with E-state index in [0.29, 0.717) is 16.9 Å². The molecule has 9 heteroatoms. The zero-order valence-electron chi connectivity index (χ0n) is 12.3. The summed E-state index contributed by atoms with van der Waals surface area (Å²) in [5.74, 6) is 0.157. The summed E-state index contributed by atoms with van der Waals surface area (Å²) in [5.41, 5.74) is 2.94. The Morgan fingerprint density at radius 1 is 1.38 bits per heavy atom. The van der Waals surface area contributed by atoms with Crippen LogP contribution in [0, 0.1) is 13.7 Å². The molecule has 0 aliphatic carbocycles. The van der Waals surface area contributed by atoms with Crippen molar-refractivity contribution in [2.24, 2.45) is 5.10 Å². The summed E-state index contributed by atoms with van der Waals surface area (Å²) in [6, 6.07) is 9.21. The molecule has 1 N–H and O–H groups in total. The number of methoxy groups -OCH3 is 1. The van der Waals surface area contributed by atoms with Gasteiger partial charge in [-0.2, -0.15) is 5.10 Å². The van der Waals surface area contributed by atoms with Gasteiger partial charge in [-0.15, -0.1) is 0 Å². The van der Waals surface area contributed by atoms with Crippen LogP contribution in [0.25, 0.3) is 0 Å². The lowest BCUT2D eigenvalue weighted by Gasteiger charge is -2.05. The quantitative estimate of drug-likeness (QED) is 0.320. The van der Waals surface area contributed by atoms with Gasteiger partial charge in [0.1, 0.15) is 10.8 Å². The van der Waals surface area contributed by atoms with Gasteiger partial charge in [0.15, 0.2) is 0 Å². The van der Waals surface area contributed by atoms with Gasteiger partial charge in [-0.25, -0.2) is 5.43 Å². The van der Waals surface area contributed by atoms with Crippen molar-refractivity contribution in [1.82, 2.24) is 5.43 Å². The molecule has 0 bridgehead atoms.